The third kappa shape index (κ3) is 4.47. The number of nitrogens with one attached hydrogen (secondary N) is 1. The Balaban J connectivity index is 1.83. The fourth-order valence-corrected chi connectivity index (χ4v) is 4.64. The molecule has 30 heavy (non-hydrogen) atoms. The van der Waals surface area contributed by atoms with Gasteiger partial charge in [0.05, 0.1) is 4.90 Å². The fourth-order valence-electron chi connectivity index (χ4n) is 3.60. The Labute approximate surface area is 177 Å². The smallest absolute Gasteiger partial charge is 0.320 e. The zero-order chi connectivity index (χ0) is 22.2. The van der Waals surface area contributed by atoms with Crippen LogP contribution in [0.5, 0.6) is 0 Å². The number of hydrogen-bond acceptors (Lipinski definition) is 5. The molecule has 7 heteroatoms. The zero-order valence-electron chi connectivity index (χ0n) is 17.7. The van der Waals surface area contributed by atoms with Crippen LogP contribution in [0.4, 0.5) is 0 Å². The van der Waals surface area contributed by atoms with Crippen LogP contribution in [0.1, 0.15) is 48.7 Å². The largest absolute Gasteiger partial charge is 0.459 e. The van der Waals surface area contributed by atoms with Crippen molar-refractivity contribution in [2.24, 2.45) is 5.41 Å². The quantitative estimate of drug-likeness (QED) is 0.561. The van der Waals surface area contributed by atoms with E-state index in [1.807, 2.05) is 19.1 Å². The summed E-state index contributed by atoms with van der Waals surface area (Å²) in [7, 11) is -3.75. The van der Waals surface area contributed by atoms with E-state index in [1.54, 1.807) is 45.0 Å². The molecule has 0 amide bonds. The van der Waals surface area contributed by atoms with Gasteiger partial charge in [0.25, 0.3) is 0 Å². The highest BCUT2D eigenvalue weighted by Crippen LogP contribution is 2.41. The average molecular weight is 430 g/mol. The highest BCUT2D eigenvalue weighted by Gasteiger charge is 2.53. The van der Waals surface area contributed by atoms with E-state index in [-0.39, 0.29) is 30.1 Å². The molecule has 3 rings (SSSR count). The van der Waals surface area contributed by atoms with Crippen molar-refractivity contribution in [1.29, 1.82) is 0 Å². The zero-order valence-corrected chi connectivity index (χ0v) is 18.5. The van der Waals surface area contributed by atoms with Gasteiger partial charge in [-0.15, -0.1) is 0 Å². The summed E-state index contributed by atoms with van der Waals surface area (Å²) in [5.74, 6) is -0.937. The number of ketones is 1. The van der Waals surface area contributed by atoms with Crippen molar-refractivity contribution in [1.82, 2.24) is 4.72 Å². The van der Waals surface area contributed by atoms with E-state index in [2.05, 4.69) is 4.72 Å². The molecule has 1 aliphatic carbocycles. The fraction of sp³-hybridized carbons (Fsp3) is 0.391. The molecule has 160 valence electrons. The summed E-state index contributed by atoms with van der Waals surface area (Å²) in [6.07, 6.45) is 0.212. The third-order valence-corrected chi connectivity index (χ3v) is 6.63. The number of Topliss-reactive ketones (excluding diaryl/α,β-unsaturated/α-hetero) is 1. The van der Waals surface area contributed by atoms with Crippen molar-refractivity contribution >= 4 is 21.8 Å². The van der Waals surface area contributed by atoms with Gasteiger partial charge in [0.15, 0.2) is 5.78 Å². The van der Waals surface area contributed by atoms with Crippen LogP contribution >= 0.6 is 0 Å². The molecule has 2 aromatic carbocycles. The normalized spacial score (nSPS) is 18.9. The summed E-state index contributed by atoms with van der Waals surface area (Å²) in [5.41, 5.74) is 0.0134. The van der Waals surface area contributed by atoms with E-state index in [9.17, 15) is 18.0 Å². The van der Waals surface area contributed by atoms with Gasteiger partial charge in [-0.3, -0.25) is 9.59 Å². The molecule has 0 spiro atoms. The molecule has 0 saturated carbocycles. The summed E-state index contributed by atoms with van der Waals surface area (Å²) in [6.45, 7) is 7.04. The molecule has 1 atom stereocenters. The van der Waals surface area contributed by atoms with Gasteiger partial charge >= 0.3 is 5.97 Å². The van der Waals surface area contributed by atoms with Crippen LogP contribution in [-0.4, -0.2) is 32.3 Å². The summed E-state index contributed by atoms with van der Waals surface area (Å²) in [4.78, 5) is 26.5. The Morgan fingerprint density at radius 3 is 2.33 bits per heavy atom. The predicted molar refractivity (Wildman–Crippen MR) is 114 cm³/mol. The first-order chi connectivity index (χ1) is 13.9. The van der Waals surface area contributed by atoms with Gasteiger partial charge in [-0.25, -0.2) is 13.1 Å². The second kappa shape index (κ2) is 7.96. The van der Waals surface area contributed by atoms with E-state index < -0.39 is 27.0 Å². The molecule has 6 nitrogen and oxygen atoms in total. The molecule has 0 saturated heterocycles. The number of fused-ring (bicyclic) bond motifs is 1. The number of carbonyl (C=O) groups excluding carboxylic acids is 2. The molecule has 0 aliphatic heterocycles. The highest BCUT2D eigenvalue weighted by atomic mass is 32.2. The number of carbonyl (C=O) groups is 2. The van der Waals surface area contributed by atoms with Gasteiger partial charge in [-0.2, -0.15) is 0 Å². The maximum Gasteiger partial charge on any atom is 0.320 e. The van der Waals surface area contributed by atoms with Crippen LogP contribution in [0.25, 0.3) is 0 Å². The Hall–Kier alpha value is -2.51. The number of ether oxygens (including phenoxy) is 1. The van der Waals surface area contributed by atoms with Crippen LogP contribution < -0.4 is 4.72 Å². The predicted octanol–water partition coefficient (Wildman–Crippen LogP) is 3.43. The molecule has 0 fully saturated rings. The van der Waals surface area contributed by atoms with Gasteiger partial charge in [-0.05, 0) is 58.2 Å². The second-order valence-corrected chi connectivity index (χ2v) is 10.5. The number of aryl methyl sites for hydroxylation is 1. The number of benzene rings is 2. The summed E-state index contributed by atoms with van der Waals surface area (Å²) in [6, 6.07) is 13.6. The van der Waals surface area contributed by atoms with Crippen molar-refractivity contribution in [3.8, 4) is 0 Å². The van der Waals surface area contributed by atoms with E-state index in [0.717, 1.165) is 11.1 Å². The first-order valence-electron chi connectivity index (χ1n) is 9.87. The standard InChI is InChI=1S/C23H27NO5S/c1-16-9-11-18(12-10-16)30(27,28)24-14-13-23(21(26)29-22(2,3)4)15-17-7-5-6-8-19(17)20(23)25/h5-12,24H,13-15H2,1-4H3/t23-/m1/s1. The summed E-state index contributed by atoms with van der Waals surface area (Å²) >= 11 is 0. The number of sulfonamides is 1. The van der Waals surface area contributed by atoms with Gasteiger partial charge in [-0.1, -0.05) is 42.0 Å². The molecular formula is C23H27NO5S. The van der Waals surface area contributed by atoms with E-state index >= 15 is 0 Å². The van der Waals surface area contributed by atoms with Crippen LogP contribution in [0.15, 0.2) is 53.4 Å². The third-order valence-electron chi connectivity index (χ3n) is 5.15. The minimum atomic E-state index is -3.75. The molecule has 1 N–H and O–H groups in total. The SMILES string of the molecule is Cc1ccc(S(=O)(=O)NCC[C@@]2(C(=O)OC(C)(C)C)Cc3ccccc3C2=O)cc1. The first-order valence-corrected chi connectivity index (χ1v) is 11.4. The van der Waals surface area contributed by atoms with Gasteiger partial charge in [0.2, 0.25) is 10.0 Å². The van der Waals surface area contributed by atoms with Crippen molar-refractivity contribution < 1.29 is 22.7 Å². The van der Waals surface area contributed by atoms with Crippen LogP contribution in [0.2, 0.25) is 0 Å². The molecular weight excluding hydrogens is 402 g/mol. The minimum absolute atomic E-state index is 0.0144. The topological polar surface area (TPSA) is 89.5 Å². The maximum atomic E-state index is 13.2. The Kier molecular flexibility index (Phi) is 5.89. The molecule has 0 bridgehead atoms. The lowest BCUT2D eigenvalue weighted by atomic mass is 9.80. The van der Waals surface area contributed by atoms with Crippen molar-refractivity contribution in [2.75, 3.05) is 6.54 Å². The summed E-state index contributed by atoms with van der Waals surface area (Å²) < 4.78 is 33.3. The Morgan fingerprint density at radius 1 is 1.10 bits per heavy atom. The van der Waals surface area contributed by atoms with Crippen molar-refractivity contribution in [3.63, 3.8) is 0 Å². The molecule has 1 aliphatic rings. The monoisotopic (exact) mass is 429 g/mol. The Morgan fingerprint density at radius 2 is 1.73 bits per heavy atom. The average Bonchev–Trinajstić information content (AvgIpc) is 2.94. The first kappa shape index (κ1) is 22.2. The lowest BCUT2D eigenvalue weighted by Crippen LogP contribution is -2.44. The summed E-state index contributed by atoms with van der Waals surface area (Å²) in [5, 5.41) is 0. The number of rotatable bonds is 6. The lowest BCUT2D eigenvalue weighted by molar-refractivity contribution is -0.164. The lowest BCUT2D eigenvalue weighted by Gasteiger charge is -2.30. The minimum Gasteiger partial charge on any atom is -0.459 e. The van der Waals surface area contributed by atoms with Crippen LogP contribution in [-0.2, 0) is 26.0 Å². The van der Waals surface area contributed by atoms with E-state index in [1.165, 1.54) is 12.1 Å². The van der Waals surface area contributed by atoms with Crippen LogP contribution in [0.3, 0.4) is 0 Å². The van der Waals surface area contributed by atoms with E-state index in [4.69, 9.17) is 4.74 Å². The molecule has 0 aromatic heterocycles. The molecule has 2 aromatic rings. The second-order valence-electron chi connectivity index (χ2n) is 8.71. The highest BCUT2D eigenvalue weighted by molar-refractivity contribution is 7.89. The number of hydrogen-bond donors (Lipinski definition) is 1. The molecule has 0 radical (unpaired) electrons. The number of esters is 1. The van der Waals surface area contributed by atoms with Gasteiger partial charge < -0.3 is 4.74 Å². The van der Waals surface area contributed by atoms with E-state index in [0.29, 0.717) is 5.56 Å². The molecule has 0 heterocycles. The van der Waals surface area contributed by atoms with Crippen molar-refractivity contribution in [2.45, 2.75) is 51.0 Å². The van der Waals surface area contributed by atoms with Crippen molar-refractivity contribution in [3.05, 3.63) is 65.2 Å². The Bertz CT molecular complexity index is 1070. The van der Waals surface area contributed by atoms with Gasteiger partial charge in [0, 0.05) is 12.1 Å². The van der Waals surface area contributed by atoms with Gasteiger partial charge in [0.1, 0.15) is 11.0 Å². The maximum absolute atomic E-state index is 13.2. The van der Waals surface area contributed by atoms with Crippen LogP contribution in [0, 0.1) is 12.3 Å². The molecule has 0 unspecified atom stereocenters.